The Morgan fingerprint density at radius 3 is 2.26 bits per heavy atom. The first-order chi connectivity index (χ1) is 15.0. The molecule has 0 bridgehead atoms. The molecule has 8 nitrogen and oxygen atoms in total. The average Bonchev–Trinajstić information content (AvgIpc) is 2.79. The molecule has 0 radical (unpaired) electrons. The first-order valence-corrected chi connectivity index (χ1v) is 10.2. The van der Waals surface area contributed by atoms with Crippen molar-refractivity contribution in [1.29, 1.82) is 0 Å². The monoisotopic (exact) mass is 427 g/mol. The molecule has 1 aliphatic heterocycles. The second-order valence-corrected chi connectivity index (χ2v) is 7.36. The Bertz CT molecular complexity index is 910. The van der Waals surface area contributed by atoms with Crippen molar-refractivity contribution < 1.29 is 23.8 Å². The van der Waals surface area contributed by atoms with Crippen LogP contribution in [0.2, 0.25) is 0 Å². The predicted octanol–water partition coefficient (Wildman–Crippen LogP) is 3.00. The summed E-state index contributed by atoms with van der Waals surface area (Å²) in [5, 5.41) is 5.84. The number of para-hydroxylation sites is 2. The van der Waals surface area contributed by atoms with E-state index in [2.05, 4.69) is 15.5 Å². The van der Waals surface area contributed by atoms with E-state index < -0.39 is 0 Å². The highest BCUT2D eigenvalue weighted by Gasteiger charge is 2.26. The van der Waals surface area contributed by atoms with Crippen LogP contribution < -0.4 is 24.8 Å². The third kappa shape index (κ3) is 5.88. The van der Waals surface area contributed by atoms with Gasteiger partial charge in [-0.15, -0.1) is 0 Å². The van der Waals surface area contributed by atoms with E-state index in [9.17, 15) is 9.59 Å². The number of piperidine rings is 1. The molecule has 0 aliphatic carbocycles. The number of methoxy groups -OCH3 is 3. The Balaban J connectivity index is 1.47. The van der Waals surface area contributed by atoms with Crippen LogP contribution in [0.25, 0.3) is 0 Å². The number of amides is 2. The van der Waals surface area contributed by atoms with E-state index in [1.54, 1.807) is 39.5 Å². The molecule has 1 heterocycles. The third-order valence-corrected chi connectivity index (χ3v) is 5.36. The van der Waals surface area contributed by atoms with Crippen molar-refractivity contribution in [2.24, 2.45) is 5.92 Å². The van der Waals surface area contributed by atoms with Crippen molar-refractivity contribution in [2.75, 3.05) is 51.6 Å². The SMILES string of the molecule is COc1ccccc1NC(=O)C1CCN(CC(=O)Nc2ccc(OC)c(OC)c2)CC1. The minimum Gasteiger partial charge on any atom is -0.495 e. The number of hydrogen-bond acceptors (Lipinski definition) is 6. The predicted molar refractivity (Wildman–Crippen MR) is 119 cm³/mol. The molecule has 2 aromatic carbocycles. The Kier molecular flexibility index (Phi) is 7.72. The van der Waals surface area contributed by atoms with Crippen LogP contribution in [0.1, 0.15) is 12.8 Å². The number of anilines is 2. The van der Waals surface area contributed by atoms with Crippen molar-refractivity contribution in [3.63, 3.8) is 0 Å². The van der Waals surface area contributed by atoms with Crippen LogP contribution >= 0.6 is 0 Å². The van der Waals surface area contributed by atoms with Gasteiger partial charge in [-0.25, -0.2) is 0 Å². The Hall–Kier alpha value is -3.26. The fraction of sp³-hybridized carbons (Fsp3) is 0.391. The lowest BCUT2D eigenvalue weighted by atomic mass is 9.95. The Labute approximate surface area is 182 Å². The van der Waals surface area contributed by atoms with Gasteiger partial charge in [0.05, 0.1) is 33.6 Å². The highest BCUT2D eigenvalue weighted by Crippen LogP contribution is 2.30. The van der Waals surface area contributed by atoms with Gasteiger partial charge in [-0.2, -0.15) is 0 Å². The number of nitrogens with one attached hydrogen (secondary N) is 2. The zero-order valence-electron chi connectivity index (χ0n) is 18.1. The molecule has 2 aromatic rings. The van der Waals surface area contributed by atoms with Crippen molar-refractivity contribution in [3.05, 3.63) is 42.5 Å². The quantitative estimate of drug-likeness (QED) is 0.673. The summed E-state index contributed by atoms with van der Waals surface area (Å²) in [4.78, 5) is 27.1. The van der Waals surface area contributed by atoms with Gasteiger partial charge in [0.15, 0.2) is 11.5 Å². The second kappa shape index (κ2) is 10.7. The van der Waals surface area contributed by atoms with Crippen molar-refractivity contribution in [1.82, 2.24) is 4.90 Å². The lowest BCUT2D eigenvalue weighted by Crippen LogP contribution is -2.41. The van der Waals surface area contributed by atoms with Crippen LogP contribution in [-0.4, -0.2) is 57.7 Å². The molecule has 31 heavy (non-hydrogen) atoms. The largest absolute Gasteiger partial charge is 0.495 e. The van der Waals surface area contributed by atoms with E-state index in [1.165, 1.54) is 0 Å². The topological polar surface area (TPSA) is 89.1 Å². The summed E-state index contributed by atoms with van der Waals surface area (Å²) in [5.41, 5.74) is 1.32. The third-order valence-electron chi connectivity index (χ3n) is 5.36. The first-order valence-electron chi connectivity index (χ1n) is 10.2. The lowest BCUT2D eigenvalue weighted by Gasteiger charge is -2.30. The molecule has 1 aliphatic rings. The fourth-order valence-corrected chi connectivity index (χ4v) is 3.65. The van der Waals surface area contributed by atoms with E-state index in [0.717, 1.165) is 0 Å². The summed E-state index contributed by atoms with van der Waals surface area (Å²) in [7, 11) is 4.70. The molecule has 1 saturated heterocycles. The molecule has 2 amide bonds. The second-order valence-electron chi connectivity index (χ2n) is 7.36. The van der Waals surface area contributed by atoms with Gasteiger partial charge in [0.25, 0.3) is 0 Å². The molecule has 0 atom stereocenters. The maximum Gasteiger partial charge on any atom is 0.238 e. The number of hydrogen-bond donors (Lipinski definition) is 2. The number of carbonyl (C=O) groups excluding carboxylic acids is 2. The minimum atomic E-state index is -0.107. The van der Waals surface area contributed by atoms with Crippen LogP contribution in [-0.2, 0) is 9.59 Å². The van der Waals surface area contributed by atoms with E-state index in [1.807, 2.05) is 24.3 Å². The van der Waals surface area contributed by atoms with E-state index in [0.29, 0.717) is 54.6 Å². The first kappa shape index (κ1) is 22.4. The molecule has 0 aromatic heterocycles. The van der Waals surface area contributed by atoms with Gasteiger partial charge in [0, 0.05) is 17.7 Å². The van der Waals surface area contributed by atoms with Crippen LogP contribution in [0.15, 0.2) is 42.5 Å². The smallest absolute Gasteiger partial charge is 0.238 e. The molecule has 3 rings (SSSR count). The van der Waals surface area contributed by atoms with Gasteiger partial charge in [-0.3, -0.25) is 14.5 Å². The van der Waals surface area contributed by atoms with Crippen LogP contribution in [0, 0.1) is 5.92 Å². The summed E-state index contributed by atoms with van der Waals surface area (Å²) in [5.74, 6) is 1.59. The zero-order chi connectivity index (χ0) is 22.2. The van der Waals surface area contributed by atoms with Crippen molar-refractivity contribution in [2.45, 2.75) is 12.8 Å². The van der Waals surface area contributed by atoms with E-state index >= 15 is 0 Å². The van der Waals surface area contributed by atoms with Crippen LogP contribution in [0.4, 0.5) is 11.4 Å². The molecule has 166 valence electrons. The van der Waals surface area contributed by atoms with E-state index in [4.69, 9.17) is 14.2 Å². The average molecular weight is 428 g/mol. The normalized spacial score (nSPS) is 14.5. The Morgan fingerprint density at radius 1 is 0.903 bits per heavy atom. The molecule has 0 saturated carbocycles. The minimum absolute atomic E-state index is 0.0149. The highest BCUT2D eigenvalue weighted by atomic mass is 16.5. The summed E-state index contributed by atoms with van der Waals surface area (Å²) < 4.78 is 15.8. The van der Waals surface area contributed by atoms with Gasteiger partial charge < -0.3 is 24.8 Å². The Morgan fingerprint density at radius 2 is 1.58 bits per heavy atom. The number of ether oxygens (including phenoxy) is 3. The number of carbonyl (C=O) groups is 2. The molecule has 1 fully saturated rings. The number of benzene rings is 2. The van der Waals surface area contributed by atoms with Crippen LogP contribution in [0.5, 0.6) is 17.2 Å². The van der Waals surface area contributed by atoms with Gasteiger partial charge in [-0.05, 0) is 50.2 Å². The highest BCUT2D eigenvalue weighted by molar-refractivity contribution is 5.94. The number of rotatable bonds is 8. The number of likely N-dealkylation sites (tertiary alicyclic amines) is 1. The van der Waals surface area contributed by atoms with Crippen LogP contribution in [0.3, 0.4) is 0 Å². The van der Waals surface area contributed by atoms with Gasteiger partial charge in [0.2, 0.25) is 11.8 Å². The molecule has 2 N–H and O–H groups in total. The van der Waals surface area contributed by atoms with Crippen molar-refractivity contribution in [3.8, 4) is 17.2 Å². The zero-order valence-corrected chi connectivity index (χ0v) is 18.1. The maximum atomic E-state index is 12.6. The molecule has 0 unspecified atom stereocenters. The number of nitrogens with zero attached hydrogens (tertiary/aromatic N) is 1. The summed E-state index contributed by atoms with van der Waals surface area (Å²) in [6.45, 7) is 1.64. The summed E-state index contributed by atoms with van der Waals surface area (Å²) in [6.07, 6.45) is 1.40. The molecular formula is C23H29N3O5. The molecular weight excluding hydrogens is 398 g/mol. The van der Waals surface area contributed by atoms with Gasteiger partial charge >= 0.3 is 0 Å². The standard InChI is InChI=1S/C23H29N3O5/c1-29-19-7-5-4-6-18(19)25-23(28)16-10-12-26(13-11-16)15-22(27)24-17-8-9-20(30-2)21(14-17)31-3/h4-9,14,16H,10-13,15H2,1-3H3,(H,24,27)(H,25,28). The fourth-order valence-electron chi connectivity index (χ4n) is 3.65. The summed E-state index contributed by atoms with van der Waals surface area (Å²) >= 11 is 0. The lowest BCUT2D eigenvalue weighted by molar-refractivity contribution is -0.121. The molecule has 0 spiro atoms. The van der Waals surface area contributed by atoms with E-state index in [-0.39, 0.29) is 24.3 Å². The van der Waals surface area contributed by atoms with Gasteiger partial charge in [-0.1, -0.05) is 12.1 Å². The van der Waals surface area contributed by atoms with Gasteiger partial charge in [0.1, 0.15) is 5.75 Å². The summed E-state index contributed by atoms with van der Waals surface area (Å²) in [6, 6.07) is 12.6. The molecule has 8 heteroatoms. The van der Waals surface area contributed by atoms with Crippen molar-refractivity contribution >= 4 is 23.2 Å². The maximum absolute atomic E-state index is 12.6.